The first kappa shape index (κ1) is 19.1. The van der Waals surface area contributed by atoms with Crippen molar-refractivity contribution in [2.24, 2.45) is 0 Å². The minimum absolute atomic E-state index is 0.647. The molecular formula is C22H22N4O2S. The molecule has 148 valence electrons. The fourth-order valence-electron chi connectivity index (χ4n) is 3.15. The van der Waals surface area contributed by atoms with E-state index in [1.807, 2.05) is 25.1 Å². The largest absolute Gasteiger partial charge is 0.493 e. The van der Waals surface area contributed by atoms with Crippen LogP contribution in [0.1, 0.15) is 18.2 Å². The number of hydrogen-bond donors (Lipinski definition) is 0. The van der Waals surface area contributed by atoms with Crippen molar-refractivity contribution in [3.8, 4) is 39.1 Å². The maximum absolute atomic E-state index is 5.40. The molecule has 0 aliphatic rings. The molecule has 0 aliphatic carbocycles. The number of thiazole rings is 1. The van der Waals surface area contributed by atoms with E-state index in [9.17, 15) is 0 Å². The van der Waals surface area contributed by atoms with E-state index in [1.54, 1.807) is 30.2 Å². The van der Waals surface area contributed by atoms with E-state index < -0.39 is 0 Å². The van der Waals surface area contributed by atoms with Crippen molar-refractivity contribution in [2.45, 2.75) is 20.3 Å². The summed E-state index contributed by atoms with van der Waals surface area (Å²) in [5.41, 5.74) is 5.92. The molecular weight excluding hydrogens is 384 g/mol. The Labute approximate surface area is 173 Å². The van der Waals surface area contributed by atoms with Gasteiger partial charge < -0.3 is 9.47 Å². The van der Waals surface area contributed by atoms with E-state index in [0.29, 0.717) is 11.5 Å². The van der Waals surface area contributed by atoms with Gasteiger partial charge in [-0.25, -0.2) is 9.67 Å². The van der Waals surface area contributed by atoms with Gasteiger partial charge in [0.15, 0.2) is 11.5 Å². The minimum Gasteiger partial charge on any atom is -0.493 e. The van der Waals surface area contributed by atoms with Crippen LogP contribution < -0.4 is 9.47 Å². The lowest BCUT2D eigenvalue weighted by atomic mass is 10.1. The van der Waals surface area contributed by atoms with Crippen molar-refractivity contribution in [1.29, 1.82) is 0 Å². The second-order valence-electron chi connectivity index (χ2n) is 6.56. The molecule has 0 aliphatic heterocycles. The second-order valence-corrected chi connectivity index (χ2v) is 7.42. The molecule has 2 aromatic heterocycles. The lowest BCUT2D eigenvalue weighted by Gasteiger charge is -2.10. The average Bonchev–Trinajstić information content (AvgIpc) is 3.40. The Kier molecular flexibility index (Phi) is 5.31. The summed E-state index contributed by atoms with van der Waals surface area (Å²) in [6.07, 6.45) is 1.03. The Morgan fingerprint density at radius 3 is 2.45 bits per heavy atom. The summed E-state index contributed by atoms with van der Waals surface area (Å²) < 4.78 is 12.5. The number of aromatic nitrogens is 4. The van der Waals surface area contributed by atoms with Gasteiger partial charge in [-0.2, -0.15) is 0 Å². The molecule has 0 spiro atoms. The lowest BCUT2D eigenvalue weighted by molar-refractivity contribution is 0.354. The van der Waals surface area contributed by atoms with E-state index in [0.717, 1.165) is 39.8 Å². The summed E-state index contributed by atoms with van der Waals surface area (Å²) in [4.78, 5) is 4.79. The highest BCUT2D eigenvalue weighted by Gasteiger charge is 2.17. The molecule has 0 amide bonds. The number of rotatable bonds is 6. The topological polar surface area (TPSA) is 62.1 Å². The molecule has 0 fully saturated rings. The molecule has 6 nitrogen and oxygen atoms in total. The predicted octanol–water partition coefficient (Wildman–Crippen LogP) is 4.95. The molecule has 7 heteroatoms. The molecule has 4 aromatic rings. The third-order valence-corrected chi connectivity index (χ3v) is 5.72. The first-order chi connectivity index (χ1) is 14.1. The van der Waals surface area contributed by atoms with Gasteiger partial charge in [-0.3, -0.25) is 0 Å². The van der Waals surface area contributed by atoms with Gasteiger partial charge in [0.1, 0.15) is 10.7 Å². The number of nitrogens with zero attached hydrogens (tertiary/aromatic N) is 4. The Morgan fingerprint density at radius 1 is 1.00 bits per heavy atom. The summed E-state index contributed by atoms with van der Waals surface area (Å²) in [5, 5.41) is 11.6. The van der Waals surface area contributed by atoms with Gasteiger partial charge in [0.25, 0.3) is 0 Å². The number of ether oxygens (including phenoxy) is 2. The quantitative estimate of drug-likeness (QED) is 0.454. The molecule has 0 unspecified atom stereocenters. The smallest absolute Gasteiger partial charge is 0.162 e. The lowest BCUT2D eigenvalue weighted by Crippen LogP contribution is -2.00. The number of methoxy groups -OCH3 is 2. The first-order valence-electron chi connectivity index (χ1n) is 9.34. The van der Waals surface area contributed by atoms with Crippen LogP contribution in [0.5, 0.6) is 11.5 Å². The normalized spacial score (nSPS) is 10.9. The highest BCUT2D eigenvalue weighted by Crippen LogP contribution is 2.32. The van der Waals surface area contributed by atoms with Crippen LogP contribution in [0.25, 0.3) is 27.6 Å². The molecule has 0 bridgehead atoms. The zero-order valence-electron chi connectivity index (χ0n) is 16.8. The zero-order chi connectivity index (χ0) is 20.4. The SMILES string of the molecule is CCc1ccc(-c2csc(-c3nnn(-c4ccc(OC)c(OC)c4)c3C)n2)cc1. The second kappa shape index (κ2) is 8.05. The Balaban J connectivity index is 1.66. The molecule has 0 N–H and O–H groups in total. The standard InChI is InChI=1S/C22H22N4O2S/c1-5-15-6-8-16(9-7-15)18-13-29-22(23-18)21-14(2)26(25-24-21)17-10-11-19(27-3)20(12-17)28-4/h6-13H,5H2,1-4H3. The molecule has 0 atom stereocenters. The monoisotopic (exact) mass is 406 g/mol. The molecule has 2 heterocycles. The third-order valence-electron chi connectivity index (χ3n) is 4.87. The van der Waals surface area contributed by atoms with Crippen molar-refractivity contribution in [3.05, 3.63) is 59.1 Å². The minimum atomic E-state index is 0.647. The third kappa shape index (κ3) is 3.61. The van der Waals surface area contributed by atoms with Crippen LogP contribution in [0, 0.1) is 6.92 Å². The van der Waals surface area contributed by atoms with Crippen LogP contribution in [0.4, 0.5) is 0 Å². The Morgan fingerprint density at radius 2 is 1.76 bits per heavy atom. The van der Waals surface area contributed by atoms with Crippen LogP contribution in [-0.4, -0.2) is 34.2 Å². The first-order valence-corrected chi connectivity index (χ1v) is 10.2. The highest BCUT2D eigenvalue weighted by molar-refractivity contribution is 7.13. The molecule has 0 radical (unpaired) electrons. The van der Waals surface area contributed by atoms with Crippen LogP contribution in [-0.2, 0) is 6.42 Å². The van der Waals surface area contributed by atoms with E-state index in [2.05, 4.69) is 46.9 Å². The summed E-state index contributed by atoms with van der Waals surface area (Å²) in [6.45, 7) is 4.14. The fraction of sp³-hybridized carbons (Fsp3) is 0.227. The van der Waals surface area contributed by atoms with Crippen LogP contribution >= 0.6 is 11.3 Å². The van der Waals surface area contributed by atoms with Crippen molar-refractivity contribution in [1.82, 2.24) is 20.0 Å². The number of aryl methyl sites for hydroxylation is 1. The maximum Gasteiger partial charge on any atom is 0.162 e. The van der Waals surface area contributed by atoms with Crippen LogP contribution in [0.2, 0.25) is 0 Å². The van der Waals surface area contributed by atoms with E-state index in [4.69, 9.17) is 14.5 Å². The van der Waals surface area contributed by atoms with Gasteiger partial charge in [-0.15, -0.1) is 16.4 Å². The number of benzene rings is 2. The maximum atomic E-state index is 5.40. The number of hydrogen-bond acceptors (Lipinski definition) is 6. The van der Waals surface area contributed by atoms with Crippen LogP contribution in [0.15, 0.2) is 47.8 Å². The van der Waals surface area contributed by atoms with Gasteiger partial charge >= 0.3 is 0 Å². The molecule has 2 aromatic carbocycles. The van der Waals surface area contributed by atoms with Crippen molar-refractivity contribution in [3.63, 3.8) is 0 Å². The molecule has 4 rings (SSSR count). The summed E-state index contributed by atoms with van der Waals surface area (Å²) in [7, 11) is 3.23. The summed E-state index contributed by atoms with van der Waals surface area (Å²) in [6, 6.07) is 14.2. The van der Waals surface area contributed by atoms with Gasteiger partial charge in [-0.1, -0.05) is 36.4 Å². The average molecular weight is 407 g/mol. The summed E-state index contributed by atoms with van der Waals surface area (Å²) >= 11 is 1.57. The van der Waals surface area contributed by atoms with Crippen LogP contribution in [0.3, 0.4) is 0 Å². The Hall–Kier alpha value is -3.19. The molecule has 0 saturated carbocycles. The predicted molar refractivity (Wildman–Crippen MR) is 115 cm³/mol. The van der Waals surface area contributed by atoms with Gasteiger partial charge in [-0.05, 0) is 31.0 Å². The van der Waals surface area contributed by atoms with E-state index in [-0.39, 0.29) is 0 Å². The molecule has 0 saturated heterocycles. The van der Waals surface area contributed by atoms with Gasteiger partial charge in [0, 0.05) is 17.0 Å². The van der Waals surface area contributed by atoms with Crippen molar-refractivity contribution < 1.29 is 9.47 Å². The van der Waals surface area contributed by atoms with E-state index in [1.165, 1.54) is 5.56 Å². The van der Waals surface area contributed by atoms with Gasteiger partial charge in [0.2, 0.25) is 0 Å². The zero-order valence-corrected chi connectivity index (χ0v) is 17.7. The Bertz CT molecular complexity index is 1130. The highest BCUT2D eigenvalue weighted by atomic mass is 32.1. The summed E-state index contributed by atoms with van der Waals surface area (Å²) in [5.74, 6) is 1.32. The van der Waals surface area contributed by atoms with Gasteiger partial charge in [0.05, 0.1) is 31.3 Å². The molecule has 29 heavy (non-hydrogen) atoms. The van der Waals surface area contributed by atoms with Crippen molar-refractivity contribution in [2.75, 3.05) is 14.2 Å². The van der Waals surface area contributed by atoms with E-state index >= 15 is 0 Å². The fourth-order valence-corrected chi connectivity index (χ4v) is 4.02. The van der Waals surface area contributed by atoms with Crippen molar-refractivity contribution >= 4 is 11.3 Å².